The third-order valence-electron chi connectivity index (χ3n) is 2.72. The molecule has 5 nitrogen and oxygen atoms in total. The molecule has 0 aliphatic carbocycles. The van der Waals surface area contributed by atoms with Gasteiger partial charge in [0.25, 0.3) is 0 Å². The van der Waals surface area contributed by atoms with E-state index in [9.17, 15) is 0 Å². The third-order valence-corrected chi connectivity index (χ3v) is 3.22. The first kappa shape index (κ1) is 18.1. The molecule has 2 rings (SSSR count). The van der Waals surface area contributed by atoms with E-state index in [2.05, 4.69) is 31.1 Å². The third kappa shape index (κ3) is 5.74. The van der Waals surface area contributed by atoms with E-state index < -0.39 is 0 Å². The minimum atomic E-state index is -0.213. The van der Waals surface area contributed by atoms with Crippen LogP contribution in [0.2, 0.25) is 0 Å². The predicted molar refractivity (Wildman–Crippen MR) is 90.9 cm³/mol. The molecule has 0 bridgehead atoms. The first-order valence-corrected chi connectivity index (χ1v) is 7.27. The van der Waals surface area contributed by atoms with Gasteiger partial charge in [0.15, 0.2) is 0 Å². The summed E-state index contributed by atoms with van der Waals surface area (Å²) in [6.07, 6.45) is 1.95. The quantitative estimate of drug-likeness (QED) is 0.874. The van der Waals surface area contributed by atoms with Gasteiger partial charge in [-0.1, -0.05) is 27.2 Å². The molecular weight excluding hydrogens is 354 g/mol. The second kappa shape index (κ2) is 7.35. The zero-order valence-corrected chi connectivity index (χ0v) is 14.9. The SMILES string of the molecule is CN(Cc1cn(-c2cccc(Br)c2)nn1)CC(C)(C)N.Cl. The van der Waals surface area contributed by atoms with Crippen LogP contribution in [0.4, 0.5) is 0 Å². The number of halogens is 2. The van der Waals surface area contributed by atoms with Crippen molar-refractivity contribution in [3.05, 3.63) is 40.6 Å². The van der Waals surface area contributed by atoms with Gasteiger partial charge in [0.1, 0.15) is 0 Å². The molecule has 1 aromatic carbocycles. The summed E-state index contributed by atoms with van der Waals surface area (Å²) in [5.74, 6) is 0. The van der Waals surface area contributed by atoms with Crippen molar-refractivity contribution in [1.82, 2.24) is 19.9 Å². The van der Waals surface area contributed by atoms with E-state index in [1.807, 2.05) is 51.4 Å². The number of hydrogen-bond acceptors (Lipinski definition) is 4. The minimum Gasteiger partial charge on any atom is -0.324 e. The van der Waals surface area contributed by atoms with Gasteiger partial charge >= 0.3 is 0 Å². The topological polar surface area (TPSA) is 60.0 Å². The van der Waals surface area contributed by atoms with Crippen molar-refractivity contribution in [1.29, 1.82) is 0 Å². The molecule has 7 heteroatoms. The Morgan fingerprint density at radius 2 is 2.10 bits per heavy atom. The molecule has 0 aliphatic rings. The number of nitrogens with zero attached hydrogens (tertiary/aromatic N) is 4. The Morgan fingerprint density at radius 1 is 1.38 bits per heavy atom. The first-order valence-electron chi connectivity index (χ1n) is 6.48. The van der Waals surface area contributed by atoms with Gasteiger partial charge in [-0.2, -0.15) is 0 Å². The first-order chi connectivity index (χ1) is 9.33. The van der Waals surface area contributed by atoms with Gasteiger partial charge in [-0.05, 0) is 39.1 Å². The van der Waals surface area contributed by atoms with Gasteiger partial charge < -0.3 is 5.73 Å². The molecule has 21 heavy (non-hydrogen) atoms. The van der Waals surface area contributed by atoms with Crippen LogP contribution < -0.4 is 5.73 Å². The molecule has 1 aromatic heterocycles. The maximum atomic E-state index is 6.01. The second-order valence-corrected chi connectivity index (χ2v) is 6.71. The average molecular weight is 375 g/mol. The molecule has 0 radical (unpaired) electrons. The molecule has 116 valence electrons. The van der Waals surface area contributed by atoms with E-state index >= 15 is 0 Å². The van der Waals surface area contributed by atoms with Crippen LogP contribution in [0.3, 0.4) is 0 Å². The van der Waals surface area contributed by atoms with E-state index in [0.717, 1.165) is 28.9 Å². The number of benzene rings is 1. The zero-order chi connectivity index (χ0) is 14.8. The fourth-order valence-electron chi connectivity index (χ4n) is 2.14. The van der Waals surface area contributed by atoms with E-state index in [0.29, 0.717) is 0 Å². The van der Waals surface area contributed by atoms with Gasteiger partial charge in [0.2, 0.25) is 0 Å². The molecule has 0 atom stereocenters. The van der Waals surface area contributed by atoms with Crippen molar-refractivity contribution in [2.75, 3.05) is 13.6 Å². The normalized spacial score (nSPS) is 11.5. The van der Waals surface area contributed by atoms with Crippen molar-refractivity contribution >= 4 is 28.3 Å². The maximum Gasteiger partial charge on any atom is 0.0971 e. The molecule has 0 saturated heterocycles. The molecule has 0 amide bonds. The molecular formula is C14H21BrClN5. The van der Waals surface area contributed by atoms with Crippen LogP contribution in [0.25, 0.3) is 5.69 Å². The van der Waals surface area contributed by atoms with Crippen LogP contribution in [-0.4, -0.2) is 39.0 Å². The molecule has 0 saturated carbocycles. The fraction of sp³-hybridized carbons (Fsp3) is 0.429. The number of likely N-dealkylation sites (N-methyl/N-ethyl adjacent to an activating group) is 1. The highest BCUT2D eigenvalue weighted by Crippen LogP contribution is 2.15. The lowest BCUT2D eigenvalue weighted by atomic mass is 10.1. The van der Waals surface area contributed by atoms with Crippen LogP contribution in [0.15, 0.2) is 34.9 Å². The minimum absolute atomic E-state index is 0. The fourth-order valence-corrected chi connectivity index (χ4v) is 2.53. The Balaban J connectivity index is 0.00000220. The standard InChI is InChI=1S/C14H20BrN5.ClH/c1-14(2,16)10-19(3)8-12-9-20(18-17-12)13-6-4-5-11(15)7-13;/h4-7,9H,8,10,16H2,1-3H3;1H. The summed E-state index contributed by atoms with van der Waals surface area (Å²) in [4.78, 5) is 2.15. The molecule has 0 fully saturated rings. The Kier molecular flexibility index (Phi) is 6.34. The van der Waals surface area contributed by atoms with E-state index in [4.69, 9.17) is 5.73 Å². The van der Waals surface area contributed by atoms with Gasteiger partial charge in [-0.3, -0.25) is 4.90 Å². The number of rotatable bonds is 5. The smallest absolute Gasteiger partial charge is 0.0971 e. The van der Waals surface area contributed by atoms with Crippen molar-refractivity contribution < 1.29 is 0 Å². The Morgan fingerprint density at radius 3 is 2.71 bits per heavy atom. The highest BCUT2D eigenvalue weighted by Gasteiger charge is 2.15. The average Bonchev–Trinajstić information content (AvgIpc) is 2.74. The van der Waals surface area contributed by atoms with Crippen LogP contribution in [0.1, 0.15) is 19.5 Å². The summed E-state index contributed by atoms with van der Waals surface area (Å²) in [5, 5.41) is 8.37. The van der Waals surface area contributed by atoms with Crippen LogP contribution in [0, 0.1) is 0 Å². The summed E-state index contributed by atoms with van der Waals surface area (Å²) in [6.45, 7) is 5.56. The molecule has 0 unspecified atom stereocenters. The summed E-state index contributed by atoms with van der Waals surface area (Å²) < 4.78 is 2.80. The van der Waals surface area contributed by atoms with Gasteiger partial charge in [0.05, 0.1) is 17.6 Å². The molecule has 1 heterocycles. The van der Waals surface area contributed by atoms with Gasteiger partial charge in [-0.15, -0.1) is 17.5 Å². The zero-order valence-electron chi connectivity index (χ0n) is 12.5. The molecule has 0 aliphatic heterocycles. The predicted octanol–water partition coefficient (Wildman–Crippen LogP) is 2.62. The van der Waals surface area contributed by atoms with Gasteiger partial charge in [0, 0.05) is 23.1 Å². The summed E-state index contributed by atoms with van der Waals surface area (Å²) in [7, 11) is 2.03. The number of nitrogens with two attached hydrogens (primary N) is 1. The highest BCUT2D eigenvalue weighted by molar-refractivity contribution is 9.10. The van der Waals surface area contributed by atoms with Crippen LogP contribution >= 0.6 is 28.3 Å². The van der Waals surface area contributed by atoms with Crippen molar-refractivity contribution in [3.63, 3.8) is 0 Å². The van der Waals surface area contributed by atoms with E-state index in [-0.39, 0.29) is 17.9 Å². The van der Waals surface area contributed by atoms with Crippen molar-refractivity contribution in [2.24, 2.45) is 5.73 Å². The Bertz CT molecular complexity index is 579. The molecule has 2 N–H and O–H groups in total. The van der Waals surface area contributed by atoms with E-state index in [1.165, 1.54) is 0 Å². The van der Waals surface area contributed by atoms with Crippen molar-refractivity contribution in [2.45, 2.75) is 25.9 Å². The Hall–Kier alpha value is -0.950. The lowest BCUT2D eigenvalue weighted by Crippen LogP contribution is -2.43. The number of aromatic nitrogens is 3. The number of hydrogen-bond donors (Lipinski definition) is 1. The van der Waals surface area contributed by atoms with Crippen LogP contribution in [0.5, 0.6) is 0 Å². The van der Waals surface area contributed by atoms with Crippen LogP contribution in [-0.2, 0) is 6.54 Å². The largest absolute Gasteiger partial charge is 0.324 e. The summed E-state index contributed by atoms with van der Waals surface area (Å²) >= 11 is 3.46. The summed E-state index contributed by atoms with van der Waals surface area (Å²) in [6, 6.07) is 7.96. The van der Waals surface area contributed by atoms with E-state index in [1.54, 1.807) is 4.68 Å². The highest BCUT2D eigenvalue weighted by atomic mass is 79.9. The molecule has 0 spiro atoms. The monoisotopic (exact) mass is 373 g/mol. The Labute approximate surface area is 140 Å². The van der Waals surface area contributed by atoms with Gasteiger partial charge in [-0.25, -0.2) is 4.68 Å². The second-order valence-electron chi connectivity index (χ2n) is 5.80. The maximum absolute atomic E-state index is 6.01. The van der Waals surface area contributed by atoms with Crippen molar-refractivity contribution in [3.8, 4) is 5.69 Å². The lowest BCUT2D eigenvalue weighted by molar-refractivity contribution is 0.260. The summed E-state index contributed by atoms with van der Waals surface area (Å²) in [5.41, 5.74) is 7.72. The molecule has 2 aromatic rings. The lowest BCUT2D eigenvalue weighted by Gasteiger charge is -2.25.